The first kappa shape index (κ1) is 13.5. The second kappa shape index (κ2) is 6.86. The highest BCUT2D eigenvalue weighted by atomic mass is 16.5. The summed E-state index contributed by atoms with van der Waals surface area (Å²) in [6, 6.07) is -0.249. The normalized spacial score (nSPS) is 24.8. The number of rotatable bonds is 4. The molecule has 0 aromatic heterocycles. The van der Waals surface area contributed by atoms with Crippen LogP contribution in [-0.4, -0.2) is 43.7 Å². The maximum atomic E-state index is 11.6. The van der Waals surface area contributed by atoms with E-state index in [4.69, 9.17) is 10.5 Å². The summed E-state index contributed by atoms with van der Waals surface area (Å²) in [6.07, 6.45) is 4.83. The fourth-order valence-corrected chi connectivity index (χ4v) is 2.44. The highest BCUT2D eigenvalue weighted by molar-refractivity contribution is 5.75. The van der Waals surface area contributed by atoms with Crippen LogP contribution in [0, 0.1) is 5.92 Å². The molecule has 2 unspecified atom stereocenters. The standard InChI is InChI=1S/C12H24N2O2/c1-3-10-5-4-7-14(8-6-10)11(9-13)12(15)16-2/h10-11H,3-9,13H2,1-2H3. The minimum Gasteiger partial charge on any atom is -0.468 e. The first-order valence-electron chi connectivity index (χ1n) is 6.24. The van der Waals surface area contributed by atoms with Gasteiger partial charge in [-0.3, -0.25) is 9.69 Å². The molecule has 0 radical (unpaired) electrons. The van der Waals surface area contributed by atoms with Crippen LogP contribution >= 0.6 is 0 Å². The van der Waals surface area contributed by atoms with Crippen molar-refractivity contribution in [3.8, 4) is 0 Å². The SMILES string of the molecule is CCC1CCCN(C(CN)C(=O)OC)CC1. The number of carbonyl (C=O) groups is 1. The van der Waals surface area contributed by atoms with Crippen molar-refractivity contribution in [2.75, 3.05) is 26.7 Å². The Balaban J connectivity index is 2.54. The third-order valence-electron chi connectivity index (χ3n) is 3.60. The van der Waals surface area contributed by atoms with Gasteiger partial charge in [0, 0.05) is 6.54 Å². The molecule has 2 atom stereocenters. The molecule has 94 valence electrons. The molecule has 0 bridgehead atoms. The largest absolute Gasteiger partial charge is 0.468 e. The number of nitrogens with zero attached hydrogens (tertiary/aromatic N) is 1. The van der Waals surface area contributed by atoms with Gasteiger partial charge in [0.15, 0.2) is 0 Å². The second-order valence-corrected chi connectivity index (χ2v) is 4.52. The van der Waals surface area contributed by atoms with Crippen LogP contribution in [0.3, 0.4) is 0 Å². The summed E-state index contributed by atoms with van der Waals surface area (Å²) in [7, 11) is 1.43. The van der Waals surface area contributed by atoms with E-state index < -0.39 is 0 Å². The van der Waals surface area contributed by atoms with E-state index in [9.17, 15) is 4.79 Å². The molecule has 1 fully saturated rings. The molecule has 16 heavy (non-hydrogen) atoms. The van der Waals surface area contributed by atoms with E-state index >= 15 is 0 Å². The molecule has 4 heteroatoms. The Morgan fingerprint density at radius 1 is 1.50 bits per heavy atom. The molecule has 0 amide bonds. The molecule has 0 spiro atoms. The predicted octanol–water partition coefficient (Wildman–Crippen LogP) is 0.999. The Bertz CT molecular complexity index is 221. The average Bonchev–Trinajstić information content (AvgIpc) is 2.55. The molecule has 0 aromatic rings. The van der Waals surface area contributed by atoms with E-state index in [1.165, 1.54) is 26.4 Å². The maximum Gasteiger partial charge on any atom is 0.324 e. The van der Waals surface area contributed by atoms with Crippen molar-refractivity contribution >= 4 is 5.97 Å². The number of likely N-dealkylation sites (tertiary alicyclic amines) is 1. The topological polar surface area (TPSA) is 55.6 Å². The van der Waals surface area contributed by atoms with Crippen LogP contribution in [0.5, 0.6) is 0 Å². The number of esters is 1. The molecule has 1 rings (SSSR count). The maximum absolute atomic E-state index is 11.6. The van der Waals surface area contributed by atoms with Gasteiger partial charge < -0.3 is 10.5 Å². The number of hydrogen-bond donors (Lipinski definition) is 1. The quantitative estimate of drug-likeness (QED) is 0.729. The van der Waals surface area contributed by atoms with Crippen LogP contribution in [0.25, 0.3) is 0 Å². The summed E-state index contributed by atoms with van der Waals surface area (Å²) in [5.74, 6) is 0.610. The molecule has 0 aromatic carbocycles. The zero-order valence-corrected chi connectivity index (χ0v) is 10.4. The highest BCUT2D eigenvalue weighted by Gasteiger charge is 2.27. The molecule has 0 aliphatic carbocycles. The summed E-state index contributed by atoms with van der Waals surface area (Å²) in [6.45, 7) is 4.52. The molecular weight excluding hydrogens is 204 g/mol. The Kier molecular flexibility index (Phi) is 5.77. The van der Waals surface area contributed by atoms with Crippen molar-refractivity contribution in [1.29, 1.82) is 0 Å². The predicted molar refractivity (Wildman–Crippen MR) is 64.1 cm³/mol. The van der Waals surface area contributed by atoms with Gasteiger partial charge in [-0.05, 0) is 38.3 Å². The Hall–Kier alpha value is -0.610. The van der Waals surface area contributed by atoms with Crippen LogP contribution in [0.4, 0.5) is 0 Å². The number of ether oxygens (including phenoxy) is 1. The van der Waals surface area contributed by atoms with Gasteiger partial charge in [0.05, 0.1) is 7.11 Å². The minimum atomic E-state index is -0.249. The lowest BCUT2D eigenvalue weighted by molar-refractivity contribution is -0.146. The number of hydrogen-bond acceptors (Lipinski definition) is 4. The van der Waals surface area contributed by atoms with Gasteiger partial charge in [0.25, 0.3) is 0 Å². The first-order valence-corrected chi connectivity index (χ1v) is 6.24. The van der Waals surface area contributed by atoms with Crippen LogP contribution in [0.15, 0.2) is 0 Å². The lowest BCUT2D eigenvalue weighted by Crippen LogP contribution is -2.47. The van der Waals surface area contributed by atoms with Gasteiger partial charge in [-0.25, -0.2) is 0 Å². The summed E-state index contributed by atoms with van der Waals surface area (Å²) >= 11 is 0. The van der Waals surface area contributed by atoms with Gasteiger partial charge in [-0.1, -0.05) is 13.3 Å². The molecular formula is C12H24N2O2. The van der Waals surface area contributed by atoms with Gasteiger partial charge in [0.2, 0.25) is 0 Å². The molecule has 2 N–H and O–H groups in total. The monoisotopic (exact) mass is 228 g/mol. The van der Waals surface area contributed by atoms with E-state index in [0.717, 1.165) is 25.4 Å². The van der Waals surface area contributed by atoms with Crippen molar-refractivity contribution in [2.24, 2.45) is 11.7 Å². The lowest BCUT2D eigenvalue weighted by atomic mass is 9.98. The highest BCUT2D eigenvalue weighted by Crippen LogP contribution is 2.21. The molecule has 4 nitrogen and oxygen atoms in total. The van der Waals surface area contributed by atoms with E-state index in [0.29, 0.717) is 6.54 Å². The van der Waals surface area contributed by atoms with Crippen molar-refractivity contribution in [3.63, 3.8) is 0 Å². The summed E-state index contributed by atoms with van der Waals surface area (Å²) in [5.41, 5.74) is 5.66. The summed E-state index contributed by atoms with van der Waals surface area (Å²) < 4.78 is 4.79. The molecule has 1 aliphatic heterocycles. The van der Waals surface area contributed by atoms with Crippen LogP contribution in [-0.2, 0) is 9.53 Å². The smallest absolute Gasteiger partial charge is 0.324 e. The number of methoxy groups -OCH3 is 1. The fourth-order valence-electron chi connectivity index (χ4n) is 2.44. The lowest BCUT2D eigenvalue weighted by Gasteiger charge is -2.27. The number of nitrogens with two attached hydrogens (primary N) is 1. The summed E-state index contributed by atoms with van der Waals surface area (Å²) in [5, 5.41) is 0. The summed E-state index contributed by atoms with van der Waals surface area (Å²) in [4.78, 5) is 13.7. The second-order valence-electron chi connectivity index (χ2n) is 4.52. The van der Waals surface area contributed by atoms with Crippen LogP contribution in [0.2, 0.25) is 0 Å². The van der Waals surface area contributed by atoms with Crippen LogP contribution < -0.4 is 5.73 Å². The van der Waals surface area contributed by atoms with Gasteiger partial charge in [0.1, 0.15) is 6.04 Å². The third-order valence-corrected chi connectivity index (χ3v) is 3.60. The van der Waals surface area contributed by atoms with Gasteiger partial charge in [-0.2, -0.15) is 0 Å². The Morgan fingerprint density at radius 3 is 2.81 bits per heavy atom. The molecule has 1 aliphatic rings. The Labute approximate surface area is 98.1 Å². The molecule has 1 saturated heterocycles. The van der Waals surface area contributed by atoms with Crippen molar-refractivity contribution in [3.05, 3.63) is 0 Å². The molecule has 0 saturated carbocycles. The zero-order valence-electron chi connectivity index (χ0n) is 10.4. The number of carbonyl (C=O) groups excluding carboxylic acids is 1. The third kappa shape index (κ3) is 3.46. The van der Waals surface area contributed by atoms with Gasteiger partial charge >= 0.3 is 5.97 Å². The van der Waals surface area contributed by atoms with Crippen molar-refractivity contribution in [1.82, 2.24) is 4.90 Å². The van der Waals surface area contributed by atoms with Crippen molar-refractivity contribution < 1.29 is 9.53 Å². The van der Waals surface area contributed by atoms with E-state index in [2.05, 4.69) is 11.8 Å². The van der Waals surface area contributed by atoms with Crippen molar-refractivity contribution in [2.45, 2.75) is 38.6 Å². The fraction of sp³-hybridized carbons (Fsp3) is 0.917. The average molecular weight is 228 g/mol. The first-order chi connectivity index (χ1) is 7.72. The Morgan fingerprint density at radius 2 is 2.25 bits per heavy atom. The minimum absolute atomic E-state index is 0.197. The van der Waals surface area contributed by atoms with Crippen LogP contribution in [0.1, 0.15) is 32.6 Å². The van der Waals surface area contributed by atoms with Gasteiger partial charge in [-0.15, -0.1) is 0 Å². The van der Waals surface area contributed by atoms with E-state index in [1.54, 1.807) is 0 Å². The molecule has 1 heterocycles. The van der Waals surface area contributed by atoms with E-state index in [-0.39, 0.29) is 12.0 Å². The zero-order chi connectivity index (χ0) is 12.0. The van der Waals surface area contributed by atoms with E-state index in [1.807, 2.05) is 0 Å².